The van der Waals surface area contributed by atoms with Crippen molar-refractivity contribution < 1.29 is 9.53 Å². The van der Waals surface area contributed by atoms with Crippen molar-refractivity contribution in [2.75, 3.05) is 13.1 Å². The van der Waals surface area contributed by atoms with Crippen LogP contribution in [0.2, 0.25) is 0 Å². The number of amides is 1. The van der Waals surface area contributed by atoms with Crippen molar-refractivity contribution in [3.63, 3.8) is 0 Å². The van der Waals surface area contributed by atoms with Crippen molar-refractivity contribution >= 4 is 5.91 Å². The number of allylic oxidation sites excluding steroid dienone is 1. The summed E-state index contributed by atoms with van der Waals surface area (Å²) in [6.45, 7) is 11.9. The van der Waals surface area contributed by atoms with E-state index in [9.17, 15) is 4.79 Å². The first kappa shape index (κ1) is 21.6. The molecule has 12 atom stereocenters. The number of rotatable bonds is 0. The molecular weight excluding hydrogens is 396 g/mol. The summed E-state index contributed by atoms with van der Waals surface area (Å²) in [5, 5.41) is 7.01. The minimum Gasteiger partial charge on any atom is -0.370 e. The number of ether oxygens (including phenoxy) is 1. The molecule has 178 valence electrons. The molecule has 4 nitrogen and oxygen atoms in total. The van der Waals surface area contributed by atoms with Crippen molar-refractivity contribution in [3.05, 3.63) is 12.2 Å². The lowest BCUT2D eigenvalue weighted by molar-refractivity contribution is -0.116. The lowest BCUT2D eigenvalue weighted by Crippen LogP contribution is -2.48. The highest BCUT2D eigenvalue weighted by atomic mass is 16.5. The van der Waals surface area contributed by atoms with E-state index in [0.29, 0.717) is 24.0 Å². The van der Waals surface area contributed by atoms with E-state index in [4.69, 9.17) is 4.74 Å². The van der Waals surface area contributed by atoms with Crippen LogP contribution in [0.3, 0.4) is 0 Å². The van der Waals surface area contributed by atoms with Gasteiger partial charge in [-0.1, -0.05) is 33.8 Å². The zero-order chi connectivity index (χ0) is 22.3. The van der Waals surface area contributed by atoms with Crippen LogP contribution in [0.25, 0.3) is 0 Å². The van der Waals surface area contributed by atoms with E-state index in [0.717, 1.165) is 48.6 Å². The molecule has 12 unspecified atom stereocenters. The Bertz CT molecular complexity index is 796. The lowest BCUT2D eigenvalue weighted by atomic mass is 9.57. The molecule has 3 heterocycles. The summed E-state index contributed by atoms with van der Waals surface area (Å²) in [4.78, 5) is 12.1. The number of fused-ring (bicyclic) bond motifs is 6. The Balaban J connectivity index is 1.25. The normalized spacial score (nSPS) is 57.1. The molecule has 0 aromatic rings. The van der Waals surface area contributed by atoms with Gasteiger partial charge in [-0.3, -0.25) is 4.79 Å². The van der Waals surface area contributed by atoms with Crippen molar-refractivity contribution in [1.82, 2.24) is 10.6 Å². The van der Waals surface area contributed by atoms with Gasteiger partial charge in [0.05, 0.1) is 11.7 Å². The third-order valence-electron chi connectivity index (χ3n) is 11.6. The molecule has 0 bridgehead atoms. The summed E-state index contributed by atoms with van der Waals surface area (Å²) < 4.78 is 7.04. The van der Waals surface area contributed by atoms with Crippen molar-refractivity contribution in [3.8, 4) is 0 Å². The Labute approximate surface area is 194 Å². The number of piperidine rings is 1. The number of carbonyl (C=O) groups excluding carboxylic acids is 1. The zero-order valence-corrected chi connectivity index (χ0v) is 20.6. The highest BCUT2D eigenvalue weighted by Crippen LogP contribution is 2.64. The van der Waals surface area contributed by atoms with E-state index in [-0.39, 0.29) is 16.9 Å². The van der Waals surface area contributed by atoms with Gasteiger partial charge in [0.2, 0.25) is 5.91 Å². The summed E-state index contributed by atoms with van der Waals surface area (Å²) >= 11 is 0. The van der Waals surface area contributed by atoms with Gasteiger partial charge in [0.1, 0.15) is 0 Å². The standard InChI is InChI=1S/C28H44N2O2/c1-16-11-24-26(30-14-16)18(3)28(32-24)10-7-20-21-6-5-19-15-29-25(31)8-9-27(19,4)23(21)12-22(20)17(2)13-28/h8-9,16-24,26,30H,5-7,10-15H2,1-4H3,(H,29,31). The zero-order valence-electron chi connectivity index (χ0n) is 20.6. The maximum absolute atomic E-state index is 12.1. The van der Waals surface area contributed by atoms with E-state index in [1.54, 1.807) is 0 Å². The van der Waals surface area contributed by atoms with Crippen LogP contribution in [0.5, 0.6) is 0 Å². The van der Waals surface area contributed by atoms with Crippen LogP contribution in [-0.4, -0.2) is 36.7 Å². The van der Waals surface area contributed by atoms with Crippen LogP contribution >= 0.6 is 0 Å². The molecule has 0 aromatic heterocycles. The number of hydrogen-bond acceptors (Lipinski definition) is 3. The van der Waals surface area contributed by atoms with Gasteiger partial charge in [-0.15, -0.1) is 0 Å². The third-order valence-corrected chi connectivity index (χ3v) is 11.6. The van der Waals surface area contributed by atoms with Gasteiger partial charge in [0, 0.05) is 18.5 Å². The Morgan fingerprint density at radius 3 is 2.72 bits per heavy atom. The Hall–Kier alpha value is -0.870. The maximum Gasteiger partial charge on any atom is 0.243 e. The summed E-state index contributed by atoms with van der Waals surface area (Å²) in [5.74, 6) is 6.02. The van der Waals surface area contributed by atoms with Gasteiger partial charge < -0.3 is 15.4 Å². The summed E-state index contributed by atoms with van der Waals surface area (Å²) in [6.07, 6.45) is 13.6. The molecule has 32 heavy (non-hydrogen) atoms. The fourth-order valence-electron chi connectivity index (χ4n) is 9.78. The number of nitrogens with one attached hydrogen (secondary N) is 2. The second-order valence-electron chi connectivity index (χ2n) is 13.1. The first-order chi connectivity index (χ1) is 15.3. The summed E-state index contributed by atoms with van der Waals surface area (Å²) in [7, 11) is 0. The molecular formula is C28H44N2O2. The molecule has 0 radical (unpaired) electrons. The van der Waals surface area contributed by atoms with Crippen LogP contribution in [0.1, 0.15) is 72.6 Å². The lowest BCUT2D eigenvalue weighted by Gasteiger charge is -2.48. The minimum absolute atomic E-state index is 0.0886. The van der Waals surface area contributed by atoms with Crippen molar-refractivity contribution in [1.29, 1.82) is 0 Å². The average molecular weight is 441 g/mol. The van der Waals surface area contributed by atoms with E-state index in [1.807, 2.05) is 6.08 Å². The van der Waals surface area contributed by atoms with E-state index < -0.39 is 0 Å². The second-order valence-corrected chi connectivity index (χ2v) is 13.1. The Morgan fingerprint density at radius 1 is 1.03 bits per heavy atom. The molecule has 6 rings (SSSR count). The quantitative estimate of drug-likeness (QED) is 0.581. The van der Waals surface area contributed by atoms with Crippen LogP contribution in [-0.2, 0) is 9.53 Å². The van der Waals surface area contributed by atoms with Gasteiger partial charge in [0.15, 0.2) is 0 Å². The molecule has 6 aliphatic rings. The van der Waals surface area contributed by atoms with E-state index in [2.05, 4.69) is 44.4 Å². The van der Waals surface area contributed by atoms with Gasteiger partial charge in [-0.05, 0) is 104 Å². The monoisotopic (exact) mass is 440 g/mol. The predicted molar refractivity (Wildman–Crippen MR) is 127 cm³/mol. The predicted octanol–water partition coefficient (Wildman–Crippen LogP) is 4.55. The Morgan fingerprint density at radius 2 is 1.88 bits per heavy atom. The van der Waals surface area contributed by atoms with Crippen LogP contribution in [0.15, 0.2) is 12.2 Å². The molecule has 2 saturated heterocycles. The van der Waals surface area contributed by atoms with Gasteiger partial charge in [0.25, 0.3) is 0 Å². The number of carbonyl (C=O) groups is 1. The van der Waals surface area contributed by atoms with Crippen LogP contribution in [0.4, 0.5) is 0 Å². The first-order valence-electron chi connectivity index (χ1n) is 13.7. The molecule has 1 amide bonds. The maximum atomic E-state index is 12.1. The largest absolute Gasteiger partial charge is 0.370 e. The fourth-order valence-corrected chi connectivity index (χ4v) is 9.78. The highest BCUT2D eigenvalue weighted by Gasteiger charge is 2.60. The molecule has 3 saturated carbocycles. The van der Waals surface area contributed by atoms with Gasteiger partial charge in [-0.2, -0.15) is 0 Å². The molecule has 3 aliphatic carbocycles. The molecule has 5 fully saturated rings. The summed E-state index contributed by atoms with van der Waals surface area (Å²) in [6, 6.07) is 0.555. The molecule has 0 aromatic carbocycles. The molecule has 3 aliphatic heterocycles. The van der Waals surface area contributed by atoms with Crippen LogP contribution in [0, 0.1) is 52.8 Å². The molecule has 1 spiro atoms. The highest BCUT2D eigenvalue weighted by molar-refractivity contribution is 5.87. The van der Waals surface area contributed by atoms with E-state index in [1.165, 1.54) is 44.9 Å². The third kappa shape index (κ3) is 3.11. The smallest absolute Gasteiger partial charge is 0.243 e. The SMILES string of the molecule is CC1CNC2C(C1)OC1(CCC3C(CC4C3CCC3CNC(=O)C=CC34C)C(C)C1)C2C. The van der Waals surface area contributed by atoms with Gasteiger partial charge in [-0.25, -0.2) is 0 Å². The summed E-state index contributed by atoms with van der Waals surface area (Å²) in [5.41, 5.74) is 0.267. The molecule has 2 N–H and O–H groups in total. The first-order valence-corrected chi connectivity index (χ1v) is 13.7. The second kappa shape index (κ2) is 7.57. The fraction of sp³-hybridized carbons (Fsp3) is 0.893. The van der Waals surface area contributed by atoms with Crippen molar-refractivity contribution in [2.24, 2.45) is 52.8 Å². The van der Waals surface area contributed by atoms with E-state index >= 15 is 0 Å². The van der Waals surface area contributed by atoms with Gasteiger partial charge >= 0.3 is 0 Å². The average Bonchev–Trinajstić information content (AvgIpc) is 3.15. The van der Waals surface area contributed by atoms with Crippen LogP contribution < -0.4 is 10.6 Å². The Kier molecular flexibility index (Phi) is 5.12. The minimum atomic E-state index is 0.0886. The topological polar surface area (TPSA) is 50.4 Å². The van der Waals surface area contributed by atoms with Crippen molar-refractivity contribution in [2.45, 2.75) is 90.4 Å². The molecule has 4 heteroatoms. The number of hydrogen-bond donors (Lipinski definition) is 2.